The number of nitrogens with one attached hydrogen (secondary N) is 2. The lowest BCUT2D eigenvalue weighted by Crippen LogP contribution is -2.56. The lowest BCUT2D eigenvalue weighted by Gasteiger charge is -2.38. The first-order valence-electron chi connectivity index (χ1n) is 10.4. The summed E-state index contributed by atoms with van der Waals surface area (Å²) < 4.78 is 5.13. The molecule has 0 unspecified atom stereocenters. The van der Waals surface area contributed by atoms with Crippen molar-refractivity contribution < 1.29 is 14.3 Å². The Morgan fingerprint density at radius 3 is 2.48 bits per heavy atom. The molecule has 0 aliphatic carbocycles. The molecule has 2 aromatic carbocycles. The van der Waals surface area contributed by atoms with Crippen molar-refractivity contribution in [1.82, 2.24) is 10.2 Å². The van der Waals surface area contributed by atoms with Crippen molar-refractivity contribution >= 4 is 29.1 Å². The average molecular weight is 422 g/mol. The van der Waals surface area contributed by atoms with Gasteiger partial charge in [-0.3, -0.25) is 14.9 Å². The summed E-state index contributed by atoms with van der Waals surface area (Å²) in [4.78, 5) is 33.9. The number of nitrogens with zero attached hydrogens (tertiary/aromatic N) is 3. The van der Waals surface area contributed by atoms with E-state index < -0.39 is 6.04 Å². The van der Waals surface area contributed by atoms with Crippen molar-refractivity contribution in [2.75, 3.05) is 43.5 Å². The van der Waals surface area contributed by atoms with Crippen molar-refractivity contribution in [1.29, 1.82) is 0 Å². The van der Waals surface area contributed by atoms with Gasteiger partial charge in [0.1, 0.15) is 11.8 Å². The van der Waals surface area contributed by atoms with Crippen LogP contribution in [-0.4, -0.2) is 62.0 Å². The molecule has 2 heterocycles. The number of benzene rings is 2. The fourth-order valence-electron chi connectivity index (χ4n) is 3.79. The van der Waals surface area contributed by atoms with Crippen molar-refractivity contribution in [2.45, 2.75) is 19.4 Å². The molecule has 2 amide bonds. The predicted molar refractivity (Wildman–Crippen MR) is 121 cm³/mol. The average Bonchev–Trinajstić information content (AvgIpc) is 2.79. The molecule has 4 rings (SSSR count). The van der Waals surface area contributed by atoms with E-state index in [2.05, 4.69) is 51.7 Å². The first-order valence-corrected chi connectivity index (χ1v) is 10.4. The zero-order valence-electron chi connectivity index (χ0n) is 17.8. The van der Waals surface area contributed by atoms with Crippen LogP contribution in [0, 0.1) is 6.92 Å². The Kier molecular flexibility index (Phi) is 6.06. The minimum Gasteiger partial charge on any atom is -0.497 e. The Hall–Kier alpha value is -3.55. The van der Waals surface area contributed by atoms with Gasteiger partial charge in [-0.1, -0.05) is 12.1 Å². The second kappa shape index (κ2) is 9.07. The molecule has 2 N–H and O–H groups in total. The van der Waals surface area contributed by atoms with Gasteiger partial charge in [0.15, 0.2) is 0 Å². The number of piperazine rings is 1. The molecule has 2 aliphatic rings. The molecule has 2 aromatic rings. The fourth-order valence-corrected chi connectivity index (χ4v) is 3.79. The second-order valence-electron chi connectivity index (χ2n) is 7.75. The van der Waals surface area contributed by atoms with E-state index in [9.17, 15) is 9.59 Å². The quantitative estimate of drug-likeness (QED) is 0.789. The SMILES string of the molecule is COc1ccc(NC(=O)[C@H]2CC(=O)NC(N3CCN(c4cccc(C)c4)CC3)=N2)cc1. The van der Waals surface area contributed by atoms with Gasteiger partial charge in [0.05, 0.1) is 13.5 Å². The number of methoxy groups -OCH3 is 1. The van der Waals surface area contributed by atoms with Gasteiger partial charge >= 0.3 is 0 Å². The monoisotopic (exact) mass is 421 g/mol. The number of hydrogen-bond acceptors (Lipinski definition) is 6. The van der Waals surface area contributed by atoms with Crippen LogP contribution in [-0.2, 0) is 9.59 Å². The summed E-state index contributed by atoms with van der Waals surface area (Å²) in [6.45, 7) is 5.17. The molecule has 0 aromatic heterocycles. The molecule has 1 fully saturated rings. The third-order valence-electron chi connectivity index (χ3n) is 5.51. The normalized spacial score (nSPS) is 18.8. The van der Waals surface area contributed by atoms with E-state index in [1.165, 1.54) is 11.3 Å². The zero-order chi connectivity index (χ0) is 21.8. The molecule has 1 saturated heterocycles. The largest absolute Gasteiger partial charge is 0.497 e. The maximum absolute atomic E-state index is 12.7. The van der Waals surface area contributed by atoms with Gasteiger partial charge in [-0.05, 0) is 48.9 Å². The van der Waals surface area contributed by atoms with Crippen molar-refractivity contribution in [3.63, 3.8) is 0 Å². The number of rotatable bonds is 4. The van der Waals surface area contributed by atoms with E-state index in [1.807, 2.05) is 4.90 Å². The molecule has 31 heavy (non-hydrogen) atoms. The standard InChI is InChI=1S/C23H27N5O3/c1-16-4-3-5-18(14-16)27-10-12-28(13-11-27)23-25-20(15-21(29)26-23)22(30)24-17-6-8-19(31-2)9-7-17/h3-9,14,20H,10-13,15H2,1-2H3,(H,24,30)(H,25,26,29)/t20-/m1/s1. The highest BCUT2D eigenvalue weighted by molar-refractivity contribution is 6.06. The van der Waals surface area contributed by atoms with Crippen LogP contribution in [0.15, 0.2) is 53.5 Å². The minimum atomic E-state index is -0.749. The lowest BCUT2D eigenvalue weighted by atomic mass is 10.1. The Labute approximate surface area is 181 Å². The predicted octanol–water partition coefficient (Wildman–Crippen LogP) is 2.01. The molecule has 1 atom stereocenters. The fraction of sp³-hybridized carbons (Fsp3) is 0.348. The van der Waals surface area contributed by atoms with Crippen LogP contribution >= 0.6 is 0 Å². The number of aliphatic imine (C=N–C) groups is 1. The lowest BCUT2D eigenvalue weighted by molar-refractivity contribution is -0.125. The summed E-state index contributed by atoms with van der Waals surface area (Å²) in [6.07, 6.45) is 0.0365. The number of hydrogen-bond donors (Lipinski definition) is 2. The molecular formula is C23H27N5O3. The first-order chi connectivity index (χ1) is 15.0. The summed E-state index contributed by atoms with van der Waals surface area (Å²) in [7, 11) is 1.59. The van der Waals surface area contributed by atoms with E-state index in [1.54, 1.807) is 31.4 Å². The molecule has 8 heteroatoms. The van der Waals surface area contributed by atoms with Gasteiger partial charge in [-0.15, -0.1) is 0 Å². The van der Waals surface area contributed by atoms with E-state index in [0.29, 0.717) is 17.4 Å². The van der Waals surface area contributed by atoms with Crippen LogP contribution in [0.4, 0.5) is 11.4 Å². The third kappa shape index (κ3) is 4.96. The Morgan fingerprint density at radius 1 is 1.10 bits per heavy atom. The molecular weight excluding hydrogens is 394 g/mol. The molecule has 0 saturated carbocycles. The maximum Gasteiger partial charge on any atom is 0.249 e. The summed E-state index contributed by atoms with van der Waals surface area (Å²) in [5.74, 6) is 0.701. The second-order valence-corrected chi connectivity index (χ2v) is 7.75. The molecule has 2 aliphatic heterocycles. The Balaban J connectivity index is 1.40. The Bertz CT molecular complexity index is 981. The van der Waals surface area contributed by atoms with Gasteiger partial charge < -0.3 is 19.9 Å². The van der Waals surface area contributed by atoms with Crippen LogP contribution in [0.25, 0.3) is 0 Å². The highest BCUT2D eigenvalue weighted by Crippen LogP contribution is 2.19. The van der Waals surface area contributed by atoms with E-state index >= 15 is 0 Å². The van der Waals surface area contributed by atoms with Gasteiger partial charge in [-0.2, -0.15) is 0 Å². The van der Waals surface area contributed by atoms with Crippen LogP contribution in [0.3, 0.4) is 0 Å². The van der Waals surface area contributed by atoms with Crippen molar-refractivity contribution in [2.24, 2.45) is 4.99 Å². The van der Waals surface area contributed by atoms with Crippen molar-refractivity contribution in [3.05, 3.63) is 54.1 Å². The highest BCUT2D eigenvalue weighted by atomic mass is 16.5. The number of ether oxygens (including phenoxy) is 1. The topological polar surface area (TPSA) is 86.3 Å². The van der Waals surface area contributed by atoms with Crippen LogP contribution in [0.5, 0.6) is 5.75 Å². The summed E-state index contributed by atoms with van der Waals surface area (Å²) in [5.41, 5.74) is 3.07. The number of carbonyl (C=O) groups excluding carboxylic acids is 2. The van der Waals surface area contributed by atoms with Gasteiger partial charge in [0.2, 0.25) is 17.8 Å². The molecule has 0 radical (unpaired) electrons. The van der Waals surface area contributed by atoms with Crippen LogP contribution < -0.4 is 20.3 Å². The highest BCUT2D eigenvalue weighted by Gasteiger charge is 2.30. The smallest absolute Gasteiger partial charge is 0.249 e. The number of anilines is 2. The number of aryl methyl sites for hydroxylation is 1. The van der Waals surface area contributed by atoms with Gasteiger partial charge in [0, 0.05) is 37.6 Å². The van der Waals surface area contributed by atoms with E-state index in [4.69, 9.17) is 4.74 Å². The number of guanidine groups is 1. The van der Waals surface area contributed by atoms with E-state index in [0.717, 1.165) is 26.2 Å². The van der Waals surface area contributed by atoms with Crippen LogP contribution in [0.1, 0.15) is 12.0 Å². The van der Waals surface area contributed by atoms with Gasteiger partial charge in [0.25, 0.3) is 0 Å². The summed E-state index contributed by atoms with van der Waals surface area (Å²) in [5, 5.41) is 5.67. The molecule has 162 valence electrons. The zero-order valence-corrected chi connectivity index (χ0v) is 17.8. The van der Waals surface area contributed by atoms with E-state index in [-0.39, 0.29) is 18.2 Å². The molecule has 0 bridgehead atoms. The third-order valence-corrected chi connectivity index (χ3v) is 5.51. The summed E-state index contributed by atoms with van der Waals surface area (Å²) in [6, 6.07) is 14.7. The summed E-state index contributed by atoms with van der Waals surface area (Å²) >= 11 is 0. The maximum atomic E-state index is 12.7. The van der Waals surface area contributed by atoms with Crippen molar-refractivity contribution in [3.8, 4) is 5.75 Å². The van der Waals surface area contributed by atoms with Crippen LogP contribution in [0.2, 0.25) is 0 Å². The first kappa shape index (κ1) is 20.7. The van der Waals surface area contributed by atoms with Gasteiger partial charge in [-0.25, -0.2) is 4.99 Å². The number of carbonyl (C=O) groups is 2. The number of amides is 2. The minimum absolute atomic E-state index is 0.0365. The molecule has 0 spiro atoms. The molecule has 8 nitrogen and oxygen atoms in total. The Morgan fingerprint density at radius 2 is 1.81 bits per heavy atom.